The molecular weight excluding hydrogens is 240 g/mol. The lowest BCUT2D eigenvalue weighted by Gasteiger charge is -2.23. The van der Waals surface area contributed by atoms with Gasteiger partial charge in [0.15, 0.2) is 0 Å². The summed E-state index contributed by atoms with van der Waals surface area (Å²) in [7, 11) is 0. The van der Waals surface area contributed by atoms with Crippen molar-refractivity contribution in [3.05, 3.63) is 0 Å². The van der Waals surface area contributed by atoms with Gasteiger partial charge in [-0.25, -0.2) is 0 Å². The lowest BCUT2D eigenvalue weighted by molar-refractivity contribution is -0.164. The average molecular weight is 260 g/mol. The molecule has 0 radical (unpaired) electrons. The number of rotatable bonds is 7. The quantitative estimate of drug-likeness (QED) is 0.389. The maximum atomic E-state index is 10.9. The average Bonchev–Trinajstić information content (AvgIpc) is 2.20. The fourth-order valence-corrected chi connectivity index (χ4v) is 1.44. The maximum absolute atomic E-state index is 10.9. The highest BCUT2D eigenvalue weighted by Gasteiger charge is 2.22. The van der Waals surface area contributed by atoms with E-state index in [9.17, 15) is 14.4 Å². The summed E-state index contributed by atoms with van der Waals surface area (Å²) in [5, 5.41) is 0. The molecule has 0 unspecified atom stereocenters. The fourth-order valence-electron chi connectivity index (χ4n) is 1.44. The molecule has 104 valence electrons. The summed E-state index contributed by atoms with van der Waals surface area (Å²) in [6, 6.07) is 0. The lowest BCUT2D eigenvalue weighted by Crippen LogP contribution is -2.32. The third-order valence-electron chi connectivity index (χ3n) is 2.13. The van der Waals surface area contributed by atoms with E-state index in [0.29, 0.717) is 12.8 Å². The van der Waals surface area contributed by atoms with Crippen LogP contribution in [0.2, 0.25) is 0 Å². The zero-order valence-electron chi connectivity index (χ0n) is 11.2. The Bertz CT molecular complexity index is 299. The monoisotopic (exact) mass is 260 g/mol. The second-order valence-corrected chi connectivity index (χ2v) is 3.94. The van der Waals surface area contributed by atoms with Crippen LogP contribution >= 0.6 is 0 Å². The van der Waals surface area contributed by atoms with Crippen molar-refractivity contribution in [3.63, 3.8) is 0 Å². The molecule has 0 fully saturated rings. The Balaban J connectivity index is 4.17. The second-order valence-electron chi connectivity index (χ2n) is 3.94. The Labute approximate surface area is 107 Å². The summed E-state index contributed by atoms with van der Waals surface area (Å²) < 4.78 is 14.8. The molecule has 0 aliphatic rings. The molecule has 0 aromatic rings. The van der Waals surface area contributed by atoms with Crippen LogP contribution in [0.3, 0.4) is 0 Å². The minimum absolute atomic E-state index is 0.250. The standard InChI is InChI=1S/C12H20O6/c1-8(17-10(3)14)12(18-11(4)15)6-5-7-16-9(2)13/h8,12H,5-7H2,1-4H3/t8-,12-/m1/s1. The molecule has 2 atom stereocenters. The van der Waals surface area contributed by atoms with Gasteiger partial charge in [0.1, 0.15) is 12.2 Å². The second kappa shape index (κ2) is 8.49. The smallest absolute Gasteiger partial charge is 0.303 e. The van der Waals surface area contributed by atoms with Crippen molar-refractivity contribution in [1.29, 1.82) is 0 Å². The van der Waals surface area contributed by atoms with E-state index in [4.69, 9.17) is 14.2 Å². The van der Waals surface area contributed by atoms with Crippen LogP contribution in [0.1, 0.15) is 40.5 Å². The topological polar surface area (TPSA) is 78.9 Å². The molecule has 0 aliphatic carbocycles. The molecule has 0 N–H and O–H groups in total. The molecule has 6 nitrogen and oxygen atoms in total. The highest BCUT2D eigenvalue weighted by atomic mass is 16.6. The van der Waals surface area contributed by atoms with Gasteiger partial charge in [0.25, 0.3) is 0 Å². The molecule has 0 spiro atoms. The number of ether oxygens (including phenoxy) is 3. The van der Waals surface area contributed by atoms with Crippen LogP contribution in [0.25, 0.3) is 0 Å². The number of carbonyl (C=O) groups excluding carboxylic acids is 3. The minimum Gasteiger partial charge on any atom is -0.466 e. The van der Waals surface area contributed by atoms with Crippen molar-refractivity contribution in [2.24, 2.45) is 0 Å². The van der Waals surface area contributed by atoms with E-state index in [1.54, 1.807) is 6.92 Å². The highest BCUT2D eigenvalue weighted by molar-refractivity contribution is 5.67. The fraction of sp³-hybridized carbons (Fsp3) is 0.750. The Hall–Kier alpha value is -1.59. The number of carbonyl (C=O) groups is 3. The van der Waals surface area contributed by atoms with Crippen LogP contribution < -0.4 is 0 Å². The third kappa shape index (κ3) is 8.55. The molecule has 0 aromatic heterocycles. The first-order valence-corrected chi connectivity index (χ1v) is 5.80. The molecule has 0 rings (SSSR count). The van der Waals surface area contributed by atoms with E-state index < -0.39 is 24.1 Å². The van der Waals surface area contributed by atoms with E-state index >= 15 is 0 Å². The van der Waals surface area contributed by atoms with Crippen molar-refractivity contribution in [2.45, 2.75) is 52.7 Å². The van der Waals surface area contributed by atoms with Crippen molar-refractivity contribution in [2.75, 3.05) is 6.61 Å². The molecular formula is C12H20O6. The molecule has 0 saturated carbocycles. The maximum Gasteiger partial charge on any atom is 0.303 e. The van der Waals surface area contributed by atoms with Crippen molar-refractivity contribution in [1.82, 2.24) is 0 Å². The zero-order valence-corrected chi connectivity index (χ0v) is 11.2. The van der Waals surface area contributed by atoms with Crippen molar-refractivity contribution < 1.29 is 28.6 Å². The Kier molecular flexibility index (Phi) is 7.74. The zero-order chi connectivity index (χ0) is 14.1. The first kappa shape index (κ1) is 16.4. The molecule has 0 saturated heterocycles. The largest absolute Gasteiger partial charge is 0.466 e. The lowest BCUT2D eigenvalue weighted by atomic mass is 10.1. The molecule has 0 aromatic carbocycles. The predicted molar refractivity (Wildman–Crippen MR) is 62.6 cm³/mol. The van der Waals surface area contributed by atoms with Crippen LogP contribution in [-0.4, -0.2) is 36.7 Å². The van der Waals surface area contributed by atoms with E-state index in [1.165, 1.54) is 20.8 Å². The van der Waals surface area contributed by atoms with Gasteiger partial charge in [-0.2, -0.15) is 0 Å². The van der Waals surface area contributed by atoms with Gasteiger partial charge >= 0.3 is 17.9 Å². The third-order valence-corrected chi connectivity index (χ3v) is 2.13. The van der Waals surface area contributed by atoms with Gasteiger partial charge in [0.05, 0.1) is 6.61 Å². The molecule has 0 aliphatic heterocycles. The van der Waals surface area contributed by atoms with Gasteiger partial charge in [-0.3, -0.25) is 14.4 Å². The highest BCUT2D eigenvalue weighted by Crippen LogP contribution is 2.11. The normalized spacial score (nSPS) is 13.3. The van der Waals surface area contributed by atoms with E-state index in [-0.39, 0.29) is 12.6 Å². The summed E-state index contributed by atoms with van der Waals surface area (Å²) >= 11 is 0. The van der Waals surface area contributed by atoms with Crippen LogP contribution in [-0.2, 0) is 28.6 Å². The van der Waals surface area contributed by atoms with Gasteiger partial charge in [0.2, 0.25) is 0 Å². The Morgan fingerprint density at radius 1 is 0.944 bits per heavy atom. The predicted octanol–water partition coefficient (Wildman–Crippen LogP) is 1.21. The molecule has 0 bridgehead atoms. The first-order chi connectivity index (χ1) is 8.32. The number of hydrogen-bond acceptors (Lipinski definition) is 6. The van der Waals surface area contributed by atoms with Crippen LogP contribution in [0.15, 0.2) is 0 Å². The summed E-state index contributed by atoms with van der Waals surface area (Å²) in [6.07, 6.45) is -0.0598. The number of hydrogen-bond donors (Lipinski definition) is 0. The molecule has 6 heteroatoms. The van der Waals surface area contributed by atoms with E-state index in [0.717, 1.165) is 0 Å². The molecule has 18 heavy (non-hydrogen) atoms. The van der Waals surface area contributed by atoms with Gasteiger partial charge in [-0.05, 0) is 19.8 Å². The van der Waals surface area contributed by atoms with E-state index in [1.807, 2.05) is 0 Å². The SMILES string of the molecule is CC(=O)OCCC[C@@H](OC(C)=O)[C@@H](C)OC(C)=O. The van der Waals surface area contributed by atoms with Gasteiger partial charge in [-0.15, -0.1) is 0 Å². The van der Waals surface area contributed by atoms with Gasteiger partial charge in [0, 0.05) is 20.8 Å². The van der Waals surface area contributed by atoms with Crippen molar-refractivity contribution >= 4 is 17.9 Å². The summed E-state index contributed by atoms with van der Waals surface area (Å²) in [5.74, 6) is -1.22. The first-order valence-electron chi connectivity index (χ1n) is 5.80. The summed E-state index contributed by atoms with van der Waals surface area (Å²) in [4.78, 5) is 32.3. The summed E-state index contributed by atoms with van der Waals surface area (Å²) in [5.41, 5.74) is 0. The van der Waals surface area contributed by atoms with Crippen LogP contribution in [0.4, 0.5) is 0 Å². The Morgan fingerprint density at radius 3 is 1.94 bits per heavy atom. The minimum atomic E-state index is -0.526. The van der Waals surface area contributed by atoms with Gasteiger partial charge in [-0.1, -0.05) is 0 Å². The van der Waals surface area contributed by atoms with Crippen LogP contribution in [0, 0.1) is 0 Å². The number of esters is 3. The van der Waals surface area contributed by atoms with E-state index in [2.05, 4.69) is 0 Å². The van der Waals surface area contributed by atoms with Crippen LogP contribution in [0.5, 0.6) is 0 Å². The Morgan fingerprint density at radius 2 is 1.50 bits per heavy atom. The van der Waals surface area contributed by atoms with Gasteiger partial charge < -0.3 is 14.2 Å². The molecule has 0 amide bonds. The summed E-state index contributed by atoms with van der Waals surface area (Å²) in [6.45, 7) is 5.81. The van der Waals surface area contributed by atoms with Crippen molar-refractivity contribution in [3.8, 4) is 0 Å². The molecule has 0 heterocycles.